The third-order valence-corrected chi connectivity index (χ3v) is 3.78. The Labute approximate surface area is 81.5 Å². The molecule has 12 heavy (non-hydrogen) atoms. The summed E-state index contributed by atoms with van der Waals surface area (Å²) >= 11 is 3.31. The predicted octanol–water partition coefficient (Wildman–Crippen LogP) is 2.80. The number of hydrogen-bond acceptors (Lipinski definition) is 1. The van der Waals surface area contributed by atoms with Crippen LogP contribution in [0.1, 0.15) is 39.0 Å². The highest BCUT2D eigenvalue weighted by molar-refractivity contribution is 9.10. The molecule has 70 valence electrons. The van der Waals surface area contributed by atoms with Crippen molar-refractivity contribution < 1.29 is 9.90 Å². The fourth-order valence-electron chi connectivity index (χ4n) is 1.82. The summed E-state index contributed by atoms with van der Waals surface area (Å²) in [5, 5.41) is 8.95. The fourth-order valence-corrected chi connectivity index (χ4v) is 2.28. The zero-order valence-electron chi connectivity index (χ0n) is 7.35. The first kappa shape index (κ1) is 10.0. The van der Waals surface area contributed by atoms with Crippen molar-refractivity contribution in [2.75, 3.05) is 0 Å². The molecule has 0 heterocycles. The second-order valence-corrected chi connectivity index (χ2v) is 5.36. The fraction of sp³-hybridized carbons (Fsp3) is 0.889. The molecule has 1 fully saturated rings. The van der Waals surface area contributed by atoms with Gasteiger partial charge in [0.1, 0.15) is 4.32 Å². The van der Waals surface area contributed by atoms with Crippen LogP contribution in [0.2, 0.25) is 0 Å². The van der Waals surface area contributed by atoms with Gasteiger partial charge in [-0.15, -0.1) is 0 Å². The van der Waals surface area contributed by atoms with Gasteiger partial charge in [0.25, 0.3) is 0 Å². The number of carboxylic acids is 1. The molecule has 0 saturated heterocycles. The normalized spacial score (nSPS) is 24.8. The molecule has 0 bridgehead atoms. The van der Waals surface area contributed by atoms with Gasteiger partial charge in [-0.1, -0.05) is 35.2 Å². The lowest BCUT2D eigenvalue weighted by atomic mass is 9.81. The van der Waals surface area contributed by atoms with Gasteiger partial charge in [0.15, 0.2) is 0 Å². The monoisotopic (exact) mass is 234 g/mol. The summed E-state index contributed by atoms with van der Waals surface area (Å²) in [6, 6.07) is 0. The van der Waals surface area contributed by atoms with E-state index in [1.807, 2.05) is 0 Å². The van der Waals surface area contributed by atoms with Gasteiger partial charge in [-0.05, 0) is 25.7 Å². The molecule has 0 aromatic rings. The Morgan fingerprint density at radius 1 is 1.42 bits per heavy atom. The highest BCUT2D eigenvalue weighted by Gasteiger charge is 2.38. The molecule has 1 saturated carbocycles. The van der Waals surface area contributed by atoms with Crippen molar-refractivity contribution in [3.05, 3.63) is 0 Å². The third-order valence-electron chi connectivity index (χ3n) is 2.79. The number of carbonyl (C=O) groups is 1. The number of aliphatic carboxylic acids is 1. The van der Waals surface area contributed by atoms with Crippen LogP contribution in [0.15, 0.2) is 0 Å². The molecule has 0 aliphatic heterocycles. The zero-order chi connectivity index (χ0) is 9.19. The minimum absolute atomic E-state index is 0.309. The quantitative estimate of drug-likeness (QED) is 0.747. The third kappa shape index (κ3) is 2.00. The van der Waals surface area contributed by atoms with Crippen LogP contribution in [0.25, 0.3) is 0 Å². The minimum Gasteiger partial charge on any atom is -0.480 e. The summed E-state index contributed by atoms with van der Waals surface area (Å²) in [7, 11) is 0. The highest BCUT2D eigenvalue weighted by atomic mass is 79.9. The van der Waals surface area contributed by atoms with Crippen molar-refractivity contribution in [3.63, 3.8) is 0 Å². The second kappa shape index (κ2) is 3.77. The van der Waals surface area contributed by atoms with E-state index in [-0.39, 0.29) is 0 Å². The van der Waals surface area contributed by atoms with Crippen LogP contribution in [-0.2, 0) is 4.79 Å². The largest absolute Gasteiger partial charge is 0.480 e. The Balaban J connectivity index is 2.59. The number of rotatable bonds is 2. The summed E-state index contributed by atoms with van der Waals surface area (Å²) in [5.74, 6) is -0.418. The Morgan fingerprint density at radius 2 is 1.92 bits per heavy atom. The van der Waals surface area contributed by atoms with Crippen LogP contribution in [0.3, 0.4) is 0 Å². The summed E-state index contributed by atoms with van der Waals surface area (Å²) in [4.78, 5) is 10.9. The molecule has 0 spiro atoms. The van der Waals surface area contributed by atoms with E-state index in [4.69, 9.17) is 5.11 Å². The molecular weight excluding hydrogens is 220 g/mol. The average Bonchev–Trinajstić information content (AvgIpc) is 2.06. The van der Waals surface area contributed by atoms with Crippen molar-refractivity contribution in [3.8, 4) is 0 Å². The van der Waals surface area contributed by atoms with Gasteiger partial charge in [-0.25, -0.2) is 0 Å². The van der Waals surface area contributed by atoms with Gasteiger partial charge in [-0.3, -0.25) is 4.79 Å². The van der Waals surface area contributed by atoms with E-state index in [2.05, 4.69) is 15.9 Å². The minimum atomic E-state index is -0.727. The SMILES string of the molecule is CC(Br)(C(=O)O)C1CCCCC1. The summed E-state index contributed by atoms with van der Waals surface area (Å²) in [6.07, 6.45) is 5.72. The predicted molar refractivity (Wildman–Crippen MR) is 51.5 cm³/mol. The first-order valence-electron chi connectivity index (χ1n) is 4.47. The van der Waals surface area contributed by atoms with Crippen LogP contribution >= 0.6 is 15.9 Å². The second-order valence-electron chi connectivity index (χ2n) is 3.72. The lowest BCUT2D eigenvalue weighted by molar-refractivity contribution is -0.141. The molecule has 0 aromatic heterocycles. The molecule has 1 aliphatic carbocycles. The van der Waals surface area contributed by atoms with E-state index in [1.165, 1.54) is 19.3 Å². The maximum atomic E-state index is 10.9. The van der Waals surface area contributed by atoms with Gasteiger partial charge < -0.3 is 5.11 Å². The van der Waals surface area contributed by atoms with Gasteiger partial charge in [0, 0.05) is 0 Å². The van der Waals surface area contributed by atoms with Crippen LogP contribution < -0.4 is 0 Å². The first-order chi connectivity index (χ1) is 5.55. The van der Waals surface area contributed by atoms with Crippen LogP contribution in [0.5, 0.6) is 0 Å². The molecule has 1 atom stereocenters. The van der Waals surface area contributed by atoms with E-state index < -0.39 is 10.3 Å². The lowest BCUT2D eigenvalue weighted by Crippen LogP contribution is -2.37. The van der Waals surface area contributed by atoms with Crippen LogP contribution in [0, 0.1) is 5.92 Å². The van der Waals surface area contributed by atoms with Crippen molar-refractivity contribution >= 4 is 21.9 Å². The Hall–Kier alpha value is -0.0500. The molecule has 2 nitrogen and oxygen atoms in total. The molecule has 1 rings (SSSR count). The van der Waals surface area contributed by atoms with Crippen molar-refractivity contribution in [2.24, 2.45) is 5.92 Å². The van der Waals surface area contributed by atoms with Crippen molar-refractivity contribution in [2.45, 2.75) is 43.4 Å². The maximum Gasteiger partial charge on any atom is 0.320 e. The van der Waals surface area contributed by atoms with Crippen LogP contribution in [0.4, 0.5) is 0 Å². The Morgan fingerprint density at radius 3 is 2.33 bits per heavy atom. The molecule has 1 unspecified atom stereocenters. The Bertz CT molecular complexity index is 171. The van der Waals surface area contributed by atoms with Crippen molar-refractivity contribution in [1.29, 1.82) is 0 Å². The van der Waals surface area contributed by atoms with Crippen molar-refractivity contribution in [1.82, 2.24) is 0 Å². The van der Waals surface area contributed by atoms with Gasteiger partial charge >= 0.3 is 5.97 Å². The van der Waals surface area contributed by atoms with Gasteiger partial charge in [0.2, 0.25) is 0 Å². The molecule has 1 N–H and O–H groups in total. The van der Waals surface area contributed by atoms with E-state index in [0.717, 1.165) is 12.8 Å². The molecule has 0 amide bonds. The van der Waals surface area contributed by atoms with Gasteiger partial charge in [-0.2, -0.15) is 0 Å². The average molecular weight is 235 g/mol. The maximum absolute atomic E-state index is 10.9. The number of carboxylic acid groups (broad SMARTS) is 1. The summed E-state index contributed by atoms with van der Waals surface area (Å²) < 4.78 is -0.701. The molecular formula is C9H15BrO2. The summed E-state index contributed by atoms with van der Waals surface area (Å²) in [5.41, 5.74) is 0. The summed E-state index contributed by atoms with van der Waals surface area (Å²) in [6.45, 7) is 1.77. The molecule has 3 heteroatoms. The van der Waals surface area contributed by atoms with Gasteiger partial charge in [0.05, 0.1) is 0 Å². The first-order valence-corrected chi connectivity index (χ1v) is 5.26. The highest BCUT2D eigenvalue weighted by Crippen LogP contribution is 2.38. The smallest absolute Gasteiger partial charge is 0.320 e. The van der Waals surface area contributed by atoms with E-state index in [1.54, 1.807) is 6.92 Å². The Kier molecular flexibility index (Phi) is 3.16. The topological polar surface area (TPSA) is 37.3 Å². The standard InChI is InChI=1S/C9H15BrO2/c1-9(10,8(11)12)7-5-3-2-4-6-7/h7H,2-6H2,1H3,(H,11,12). The molecule has 0 aromatic carbocycles. The number of halogens is 1. The van der Waals surface area contributed by atoms with E-state index in [9.17, 15) is 4.79 Å². The van der Waals surface area contributed by atoms with Crippen LogP contribution in [-0.4, -0.2) is 15.4 Å². The van der Waals surface area contributed by atoms with E-state index >= 15 is 0 Å². The molecule has 0 radical (unpaired) electrons. The lowest BCUT2D eigenvalue weighted by Gasteiger charge is -2.31. The number of alkyl halides is 1. The number of hydrogen-bond donors (Lipinski definition) is 1. The molecule has 1 aliphatic rings. The van der Waals surface area contributed by atoms with E-state index in [0.29, 0.717) is 5.92 Å². The zero-order valence-corrected chi connectivity index (χ0v) is 8.93.